The summed E-state index contributed by atoms with van der Waals surface area (Å²) in [6, 6.07) is 24.8. The number of benzene rings is 3. The van der Waals surface area contributed by atoms with Crippen LogP contribution in [-0.2, 0) is 0 Å². The van der Waals surface area contributed by atoms with E-state index in [1.807, 2.05) is 74.6 Å². The van der Waals surface area contributed by atoms with E-state index in [1.165, 1.54) is 5.46 Å². The second-order valence-corrected chi connectivity index (χ2v) is 5.51. The Morgan fingerprint density at radius 3 is 2.46 bits per heavy atom. The second kappa shape index (κ2) is 7.42. The predicted molar refractivity (Wildman–Crippen MR) is 103 cm³/mol. The lowest BCUT2D eigenvalue weighted by molar-refractivity contribution is 0.102. The highest BCUT2D eigenvalue weighted by Crippen LogP contribution is 2.20. The van der Waals surface area contributed by atoms with Gasteiger partial charge in [0.2, 0.25) is 0 Å². The molecule has 0 aliphatic rings. The minimum atomic E-state index is -0.168. The third kappa shape index (κ3) is 3.99. The molecule has 3 nitrogen and oxygen atoms in total. The van der Waals surface area contributed by atoms with Crippen molar-refractivity contribution in [2.45, 2.75) is 0 Å². The molecule has 0 atom stereocenters. The highest BCUT2D eigenvalue weighted by Gasteiger charge is 2.10. The van der Waals surface area contributed by atoms with Crippen LogP contribution in [0.15, 0.2) is 83.9 Å². The molecule has 1 amide bonds. The average molecular weight is 312 g/mol. The van der Waals surface area contributed by atoms with Gasteiger partial charge in [-0.1, -0.05) is 60.1 Å². The molecule has 3 aromatic carbocycles. The fraction of sp³-hybridized carbons (Fsp3) is 0. The molecular formula is C20H17BN2O. The average Bonchev–Trinajstić information content (AvgIpc) is 2.61. The number of aliphatic imine (C=N–C) groups is 1. The summed E-state index contributed by atoms with van der Waals surface area (Å²) < 4.78 is 0. The number of nitrogens with one attached hydrogen (secondary N) is 1. The SMILES string of the molecule is Bc1cccc(/C=N/c2ccccc2C(=O)Nc2ccccc2)c1. The molecule has 0 bridgehead atoms. The summed E-state index contributed by atoms with van der Waals surface area (Å²) in [4.78, 5) is 17.0. The molecule has 116 valence electrons. The van der Waals surface area contributed by atoms with Gasteiger partial charge in [-0.2, -0.15) is 0 Å². The minimum absolute atomic E-state index is 0.168. The van der Waals surface area contributed by atoms with E-state index in [0.29, 0.717) is 11.3 Å². The summed E-state index contributed by atoms with van der Waals surface area (Å²) in [5.41, 5.74) is 4.14. The maximum Gasteiger partial charge on any atom is 0.257 e. The summed E-state index contributed by atoms with van der Waals surface area (Å²) in [6.45, 7) is 0. The third-order valence-corrected chi connectivity index (χ3v) is 3.58. The van der Waals surface area contributed by atoms with Gasteiger partial charge in [0.15, 0.2) is 0 Å². The Hall–Kier alpha value is -3.14. The molecule has 3 rings (SSSR count). The lowest BCUT2D eigenvalue weighted by Gasteiger charge is -2.07. The van der Waals surface area contributed by atoms with Gasteiger partial charge < -0.3 is 5.32 Å². The van der Waals surface area contributed by atoms with Crippen molar-refractivity contribution in [2.75, 3.05) is 5.32 Å². The molecule has 0 fully saturated rings. The molecule has 0 aliphatic carbocycles. The number of anilines is 1. The number of amides is 1. The molecule has 24 heavy (non-hydrogen) atoms. The third-order valence-electron chi connectivity index (χ3n) is 3.58. The molecule has 4 heteroatoms. The zero-order valence-corrected chi connectivity index (χ0v) is 13.4. The minimum Gasteiger partial charge on any atom is -0.322 e. The fourth-order valence-electron chi connectivity index (χ4n) is 2.39. The first-order valence-electron chi connectivity index (χ1n) is 7.78. The summed E-state index contributed by atoms with van der Waals surface area (Å²) in [5, 5.41) is 2.89. The van der Waals surface area contributed by atoms with E-state index < -0.39 is 0 Å². The van der Waals surface area contributed by atoms with Crippen molar-refractivity contribution in [3.05, 3.63) is 90.0 Å². The van der Waals surface area contributed by atoms with Crippen LogP contribution in [0.25, 0.3) is 0 Å². The smallest absolute Gasteiger partial charge is 0.257 e. The van der Waals surface area contributed by atoms with Gasteiger partial charge in [-0.3, -0.25) is 9.79 Å². The molecule has 1 N–H and O–H groups in total. The zero-order chi connectivity index (χ0) is 16.8. The number of carbonyl (C=O) groups is 1. The Labute approximate surface area is 142 Å². The Bertz CT molecular complexity index is 876. The highest BCUT2D eigenvalue weighted by molar-refractivity contribution is 6.32. The van der Waals surface area contributed by atoms with Gasteiger partial charge in [0, 0.05) is 11.9 Å². The van der Waals surface area contributed by atoms with Crippen molar-refractivity contribution in [3.8, 4) is 0 Å². The number of hydrogen-bond acceptors (Lipinski definition) is 2. The second-order valence-electron chi connectivity index (χ2n) is 5.51. The largest absolute Gasteiger partial charge is 0.322 e. The van der Waals surface area contributed by atoms with Gasteiger partial charge in [-0.05, 0) is 29.8 Å². The first kappa shape index (κ1) is 15.7. The van der Waals surface area contributed by atoms with E-state index in [2.05, 4.69) is 16.4 Å². The molecule has 0 spiro atoms. The van der Waals surface area contributed by atoms with Crippen molar-refractivity contribution >= 4 is 36.8 Å². The maximum absolute atomic E-state index is 12.5. The van der Waals surface area contributed by atoms with Crippen LogP contribution in [0.4, 0.5) is 11.4 Å². The van der Waals surface area contributed by atoms with Gasteiger partial charge in [0.05, 0.1) is 11.3 Å². The van der Waals surface area contributed by atoms with Crippen molar-refractivity contribution in [1.82, 2.24) is 0 Å². The molecule has 0 saturated heterocycles. The van der Waals surface area contributed by atoms with Crippen LogP contribution in [0.5, 0.6) is 0 Å². The number of nitrogens with zero attached hydrogens (tertiary/aromatic N) is 1. The maximum atomic E-state index is 12.5. The van der Waals surface area contributed by atoms with Crippen LogP contribution in [0.2, 0.25) is 0 Å². The van der Waals surface area contributed by atoms with Crippen LogP contribution in [0.3, 0.4) is 0 Å². The van der Waals surface area contributed by atoms with Crippen LogP contribution in [-0.4, -0.2) is 20.0 Å². The molecule has 0 unspecified atom stereocenters. The lowest BCUT2D eigenvalue weighted by atomic mass is 9.95. The van der Waals surface area contributed by atoms with Crippen molar-refractivity contribution in [3.63, 3.8) is 0 Å². The van der Waals surface area contributed by atoms with Gasteiger partial charge in [-0.15, -0.1) is 0 Å². The monoisotopic (exact) mass is 312 g/mol. The summed E-state index contributed by atoms with van der Waals surface area (Å²) in [6.07, 6.45) is 1.78. The van der Waals surface area contributed by atoms with Gasteiger partial charge >= 0.3 is 0 Å². The molecule has 3 aromatic rings. The van der Waals surface area contributed by atoms with E-state index in [9.17, 15) is 4.79 Å². The Kier molecular flexibility index (Phi) is 4.87. The number of hydrogen-bond donors (Lipinski definition) is 1. The molecule has 0 radical (unpaired) electrons. The van der Waals surface area contributed by atoms with Crippen molar-refractivity contribution < 1.29 is 4.79 Å². The zero-order valence-electron chi connectivity index (χ0n) is 13.4. The normalized spacial score (nSPS) is 10.7. The number of rotatable bonds is 4. The number of carbonyl (C=O) groups excluding carboxylic acids is 1. The van der Waals surface area contributed by atoms with Crippen molar-refractivity contribution in [1.29, 1.82) is 0 Å². The molecule has 0 heterocycles. The fourth-order valence-corrected chi connectivity index (χ4v) is 2.39. The highest BCUT2D eigenvalue weighted by atomic mass is 16.1. The summed E-state index contributed by atoms with van der Waals surface area (Å²) in [7, 11) is 2.04. The predicted octanol–water partition coefficient (Wildman–Crippen LogP) is 2.95. The first-order valence-corrected chi connectivity index (χ1v) is 7.78. The van der Waals surface area contributed by atoms with E-state index >= 15 is 0 Å². The van der Waals surface area contributed by atoms with Crippen LogP contribution in [0.1, 0.15) is 15.9 Å². The molecule has 0 aromatic heterocycles. The number of para-hydroxylation sites is 2. The standard InChI is InChI=1S/C20H17BN2O/c21-16-8-6-7-15(13-16)14-22-19-12-5-4-11-18(19)20(24)23-17-9-2-1-3-10-17/h1-14H,21H2,(H,23,24)/b22-14+. The van der Waals surface area contributed by atoms with Crippen molar-refractivity contribution in [2.24, 2.45) is 4.99 Å². The lowest BCUT2D eigenvalue weighted by Crippen LogP contribution is -2.11. The van der Waals surface area contributed by atoms with Gasteiger partial charge in [0.1, 0.15) is 7.85 Å². The first-order chi connectivity index (χ1) is 11.7. The Morgan fingerprint density at radius 1 is 0.917 bits per heavy atom. The van der Waals surface area contributed by atoms with Crippen LogP contribution < -0.4 is 10.8 Å². The van der Waals surface area contributed by atoms with E-state index in [0.717, 1.165) is 11.3 Å². The van der Waals surface area contributed by atoms with Crippen LogP contribution >= 0.6 is 0 Å². The van der Waals surface area contributed by atoms with Crippen LogP contribution in [0, 0.1) is 0 Å². The van der Waals surface area contributed by atoms with Gasteiger partial charge in [-0.25, -0.2) is 0 Å². The topological polar surface area (TPSA) is 41.5 Å². The molecular weight excluding hydrogens is 295 g/mol. The summed E-state index contributed by atoms with van der Waals surface area (Å²) >= 11 is 0. The quantitative estimate of drug-likeness (QED) is 0.584. The molecule has 0 saturated carbocycles. The van der Waals surface area contributed by atoms with E-state index in [1.54, 1.807) is 12.3 Å². The summed E-state index contributed by atoms with van der Waals surface area (Å²) in [5.74, 6) is -0.168. The molecule has 0 aliphatic heterocycles. The Morgan fingerprint density at radius 2 is 1.67 bits per heavy atom. The van der Waals surface area contributed by atoms with Gasteiger partial charge in [0.25, 0.3) is 5.91 Å². The van der Waals surface area contributed by atoms with E-state index in [4.69, 9.17) is 0 Å². The Balaban J connectivity index is 1.84. The van der Waals surface area contributed by atoms with E-state index in [-0.39, 0.29) is 5.91 Å².